The van der Waals surface area contributed by atoms with Gasteiger partial charge in [-0.05, 0) is 62.0 Å². The molecule has 1 heterocycles. The molecule has 3 nitrogen and oxygen atoms in total. The van der Waals surface area contributed by atoms with E-state index in [0.29, 0.717) is 23.3 Å². The van der Waals surface area contributed by atoms with Gasteiger partial charge in [-0.15, -0.1) is 12.4 Å². The second-order valence-electron chi connectivity index (χ2n) is 5.32. The molecule has 2 rings (SSSR count). The first-order valence-electron chi connectivity index (χ1n) is 6.91. The Labute approximate surface area is 131 Å². The summed E-state index contributed by atoms with van der Waals surface area (Å²) < 4.78 is 0. The Morgan fingerprint density at radius 1 is 1.35 bits per heavy atom. The summed E-state index contributed by atoms with van der Waals surface area (Å²) in [6.45, 7) is 4.33. The molecule has 1 saturated heterocycles. The standard InChI is InChI=1S/C15H21ClN2O.ClH/c1-11(12-6-8-17-9-7-12)10-15(19)18-14-4-2-13(16)3-5-14;/h2-5,11-12,17H,6-10H2,1H3,(H,18,19);1H. The van der Waals surface area contributed by atoms with Crippen LogP contribution in [0.15, 0.2) is 24.3 Å². The average molecular weight is 317 g/mol. The highest BCUT2D eigenvalue weighted by atomic mass is 35.5. The van der Waals surface area contributed by atoms with Crippen LogP contribution in [0, 0.1) is 11.8 Å². The first kappa shape index (κ1) is 17.3. The number of carbonyl (C=O) groups is 1. The fourth-order valence-electron chi connectivity index (χ4n) is 2.62. The normalized spacial score (nSPS) is 17.1. The van der Waals surface area contributed by atoms with Crippen LogP contribution in [-0.2, 0) is 4.79 Å². The molecule has 112 valence electrons. The summed E-state index contributed by atoms with van der Waals surface area (Å²) in [6, 6.07) is 7.23. The summed E-state index contributed by atoms with van der Waals surface area (Å²) in [7, 11) is 0. The Morgan fingerprint density at radius 2 is 1.95 bits per heavy atom. The molecule has 1 aromatic carbocycles. The van der Waals surface area contributed by atoms with Gasteiger partial charge in [-0.25, -0.2) is 0 Å². The molecule has 1 aliphatic rings. The van der Waals surface area contributed by atoms with Gasteiger partial charge < -0.3 is 10.6 Å². The van der Waals surface area contributed by atoms with E-state index >= 15 is 0 Å². The minimum Gasteiger partial charge on any atom is -0.326 e. The van der Waals surface area contributed by atoms with Gasteiger partial charge in [0.1, 0.15) is 0 Å². The zero-order valence-corrected chi connectivity index (χ0v) is 13.3. The summed E-state index contributed by atoms with van der Waals surface area (Å²) >= 11 is 5.82. The van der Waals surface area contributed by atoms with E-state index in [2.05, 4.69) is 17.6 Å². The number of halogens is 2. The Kier molecular flexibility index (Phi) is 7.35. The smallest absolute Gasteiger partial charge is 0.224 e. The van der Waals surface area contributed by atoms with Crippen molar-refractivity contribution in [2.45, 2.75) is 26.2 Å². The zero-order valence-electron chi connectivity index (χ0n) is 11.7. The molecule has 1 amide bonds. The van der Waals surface area contributed by atoms with Crippen molar-refractivity contribution in [3.8, 4) is 0 Å². The number of anilines is 1. The van der Waals surface area contributed by atoms with Crippen LogP contribution in [0.25, 0.3) is 0 Å². The third-order valence-corrected chi connectivity index (χ3v) is 4.08. The number of hydrogen-bond donors (Lipinski definition) is 2. The number of amides is 1. The molecule has 0 aromatic heterocycles. The number of benzene rings is 1. The summed E-state index contributed by atoms with van der Waals surface area (Å²) in [5.41, 5.74) is 0.812. The van der Waals surface area contributed by atoms with Crippen LogP contribution in [0.4, 0.5) is 5.69 Å². The molecule has 1 aliphatic heterocycles. The molecule has 0 aliphatic carbocycles. The summed E-state index contributed by atoms with van der Waals surface area (Å²) in [4.78, 5) is 12.0. The van der Waals surface area contributed by atoms with Gasteiger partial charge in [0.05, 0.1) is 0 Å². The molecule has 5 heteroatoms. The molecular weight excluding hydrogens is 295 g/mol. The third-order valence-electron chi connectivity index (χ3n) is 3.82. The van der Waals surface area contributed by atoms with E-state index in [-0.39, 0.29) is 18.3 Å². The highest BCUT2D eigenvalue weighted by molar-refractivity contribution is 6.30. The second-order valence-corrected chi connectivity index (χ2v) is 5.76. The Morgan fingerprint density at radius 3 is 2.55 bits per heavy atom. The second kappa shape index (κ2) is 8.50. The lowest BCUT2D eigenvalue weighted by Crippen LogP contribution is -2.32. The van der Waals surface area contributed by atoms with Crippen LogP contribution >= 0.6 is 24.0 Å². The fourth-order valence-corrected chi connectivity index (χ4v) is 2.74. The molecule has 1 fully saturated rings. The van der Waals surface area contributed by atoms with Gasteiger partial charge in [-0.2, -0.15) is 0 Å². The number of hydrogen-bond acceptors (Lipinski definition) is 2. The quantitative estimate of drug-likeness (QED) is 0.888. The van der Waals surface area contributed by atoms with E-state index in [1.807, 2.05) is 12.1 Å². The molecule has 0 radical (unpaired) electrons. The first-order valence-corrected chi connectivity index (χ1v) is 7.29. The van der Waals surface area contributed by atoms with Gasteiger partial charge >= 0.3 is 0 Å². The van der Waals surface area contributed by atoms with Crippen molar-refractivity contribution in [1.29, 1.82) is 0 Å². The molecule has 0 saturated carbocycles. The van der Waals surface area contributed by atoms with Crippen molar-refractivity contribution >= 4 is 35.6 Å². The van der Waals surface area contributed by atoms with E-state index in [4.69, 9.17) is 11.6 Å². The lowest BCUT2D eigenvalue weighted by atomic mass is 9.84. The maximum atomic E-state index is 12.0. The van der Waals surface area contributed by atoms with E-state index in [0.717, 1.165) is 18.8 Å². The summed E-state index contributed by atoms with van der Waals surface area (Å²) in [5, 5.41) is 6.96. The van der Waals surface area contributed by atoms with Crippen LogP contribution < -0.4 is 10.6 Å². The van der Waals surface area contributed by atoms with E-state index in [1.54, 1.807) is 12.1 Å². The zero-order chi connectivity index (χ0) is 13.7. The van der Waals surface area contributed by atoms with Crippen LogP contribution in [0.1, 0.15) is 26.2 Å². The van der Waals surface area contributed by atoms with Crippen molar-refractivity contribution in [3.63, 3.8) is 0 Å². The molecule has 1 unspecified atom stereocenters. The van der Waals surface area contributed by atoms with Crippen molar-refractivity contribution in [3.05, 3.63) is 29.3 Å². The highest BCUT2D eigenvalue weighted by Gasteiger charge is 2.21. The fraction of sp³-hybridized carbons (Fsp3) is 0.533. The minimum atomic E-state index is 0. The Bertz CT molecular complexity index is 416. The van der Waals surface area contributed by atoms with Crippen molar-refractivity contribution < 1.29 is 4.79 Å². The number of rotatable bonds is 4. The predicted molar refractivity (Wildman–Crippen MR) is 86.7 cm³/mol. The number of carbonyl (C=O) groups excluding carboxylic acids is 1. The highest BCUT2D eigenvalue weighted by Crippen LogP contribution is 2.24. The largest absolute Gasteiger partial charge is 0.326 e. The molecule has 0 spiro atoms. The van der Waals surface area contributed by atoms with Gasteiger partial charge in [-0.3, -0.25) is 4.79 Å². The van der Waals surface area contributed by atoms with Gasteiger partial charge in [0, 0.05) is 17.1 Å². The van der Waals surface area contributed by atoms with E-state index in [9.17, 15) is 4.79 Å². The van der Waals surface area contributed by atoms with E-state index < -0.39 is 0 Å². The number of piperidine rings is 1. The van der Waals surface area contributed by atoms with Gasteiger partial charge in [0.15, 0.2) is 0 Å². The van der Waals surface area contributed by atoms with Crippen LogP contribution in [0.2, 0.25) is 5.02 Å². The maximum absolute atomic E-state index is 12.0. The Balaban J connectivity index is 0.00000200. The van der Waals surface area contributed by atoms with Gasteiger partial charge in [0.25, 0.3) is 0 Å². The molecule has 2 N–H and O–H groups in total. The first-order chi connectivity index (χ1) is 9.15. The van der Waals surface area contributed by atoms with Crippen molar-refractivity contribution in [2.24, 2.45) is 11.8 Å². The summed E-state index contributed by atoms with van der Waals surface area (Å²) in [6.07, 6.45) is 2.94. The topological polar surface area (TPSA) is 41.1 Å². The SMILES string of the molecule is CC(CC(=O)Nc1ccc(Cl)cc1)C1CCNCC1.Cl. The lowest BCUT2D eigenvalue weighted by molar-refractivity contribution is -0.117. The third kappa shape index (κ3) is 5.31. The minimum absolute atomic E-state index is 0. The molecule has 1 aromatic rings. The molecule has 20 heavy (non-hydrogen) atoms. The molecule has 1 atom stereocenters. The van der Waals surface area contributed by atoms with E-state index in [1.165, 1.54) is 12.8 Å². The van der Waals surface area contributed by atoms with Crippen molar-refractivity contribution in [2.75, 3.05) is 18.4 Å². The van der Waals surface area contributed by atoms with Gasteiger partial charge in [-0.1, -0.05) is 18.5 Å². The van der Waals surface area contributed by atoms with Crippen molar-refractivity contribution in [1.82, 2.24) is 5.32 Å². The van der Waals surface area contributed by atoms with Crippen LogP contribution in [-0.4, -0.2) is 19.0 Å². The molecular formula is C15H22Cl2N2O. The van der Waals surface area contributed by atoms with Gasteiger partial charge in [0.2, 0.25) is 5.91 Å². The summed E-state index contributed by atoms with van der Waals surface area (Å²) in [5.74, 6) is 1.19. The predicted octanol–water partition coefficient (Wildman–Crippen LogP) is 3.73. The lowest BCUT2D eigenvalue weighted by Gasteiger charge is -2.27. The monoisotopic (exact) mass is 316 g/mol. The maximum Gasteiger partial charge on any atom is 0.224 e. The average Bonchev–Trinajstić information content (AvgIpc) is 2.42. The Hall–Kier alpha value is -0.770. The number of nitrogens with one attached hydrogen (secondary N) is 2. The van der Waals surface area contributed by atoms with Crippen LogP contribution in [0.3, 0.4) is 0 Å². The van der Waals surface area contributed by atoms with Crippen LogP contribution in [0.5, 0.6) is 0 Å². The molecule has 0 bridgehead atoms.